The van der Waals surface area contributed by atoms with E-state index in [4.69, 9.17) is 0 Å². The van der Waals surface area contributed by atoms with Crippen LogP contribution in [-0.4, -0.2) is 11.3 Å². The van der Waals surface area contributed by atoms with Crippen LogP contribution in [0.15, 0.2) is 29.7 Å². The van der Waals surface area contributed by atoms with Crippen molar-refractivity contribution in [2.75, 3.05) is 11.4 Å². The van der Waals surface area contributed by atoms with Crippen molar-refractivity contribution in [3.8, 4) is 0 Å². The van der Waals surface area contributed by atoms with Crippen molar-refractivity contribution in [2.45, 2.75) is 0 Å². The van der Waals surface area contributed by atoms with Gasteiger partial charge in [0.1, 0.15) is 11.0 Å². The minimum absolute atomic E-state index is 0.994. The zero-order chi connectivity index (χ0) is 8.55. The molecule has 0 amide bonds. The lowest BCUT2D eigenvalue weighted by atomic mass is 10.2. The number of para-hydroxylation sites is 1. The Bertz CT molecular complexity index is 359. The number of benzene rings is 1. The van der Waals surface area contributed by atoms with Crippen LogP contribution in [0.5, 0.6) is 0 Å². The molecule has 62 valence electrons. The lowest BCUT2D eigenvalue weighted by Gasteiger charge is -2.21. The lowest BCUT2D eigenvalue weighted by Crippen LogP contribution is -2.21. The molecule has 0 saturated heterocycles. The highest BCUT2D eigenvalue weighted by molar-refractivity contribution is 7.89. The van der Waals surface area contributed by atoms with Gasteiger partial charge in [0.2, 0.25) is 0 Å². The average Bonchev–Trinajstić information content (AvgIpc) is 2.12. The Hall–Kier alpha value is -1.09. The maximum Gasteiger partial charge on any atom is 0.145 e. The molecule has 1 aliphatic heterocycles. The van der Waals surface area contributed by atoms with Crippen LogP contribution in [-0.2, 0) is 11.0 Å². The van der Waals surface area contributed by atoms with Gasteiger partial charge < -0.3 is 0 Å². The van der Waals surface area contributed by atoms with Gasteiger partial charge in [-0.05, 0) is 17.7 Å². The van der Waals surface area contributed by atoms with Gasteiger partial charge in [0.25, 0.3) is 0 Å². The highest BCUT2D eigenvalue weighted by atomic mass is 32.2. The molecule has 1 heterocycles. The van der Waals surface area contributed by atoms with E-state index in [0.29, 0.717) is 0 Å². The van der Waals surface area contributed by atoms with E-state index in [9.17, 15) is 4.21 Å². The molecule has 3 heteroatoms. The summed E-state index contributed by atoms with van der Waals surface area (Å²) >= 11 is 0. The molecule has 0 aromatic heterocycles. The molecular weight excluding hydrogens is 170 g/mol. The monoisotopic (exact) mass is 179 g/mol. The smallest absolute Gasteiger partial charge is 0.145 e. The fourth-order valence-electron chi connectivity index (χ4n) is 1.23. The average molecular weight is 179 g/mol. The van der Waals surface area contributed by atoms with E-state index in [1.807, 2.05) is 37.4 Å². The summed E-state index contributed by atoms with van der Waals surface area (Å²) in [6, 6.07) is 7.91. The van der Waals surface area contributed by atoms with Gasteiger partial charge >= 0.3 is 0 Å². The molecule has 0 radical (unpaired) electrons. The molecule has 1 aliphatic rings. The van der Waals surface area contributed by atoms with E-state index in [2.05, 4.69) is 0 Å². The number of hydrogen-bond acceptors (Lipinski definition) is 1. The van der Waals surface area contributed by atoms with E-state index in [-0.39, 0.29) is 0 Å². The molecule has 1 atom stereocenters. The fraction of sp³-hybridized carbons (Fsp3) is 0.111. The van der Waals surface area contributed by atoms with Crippen molar-refractivity contribution < 1.29 is 4.21 Å². The Morgan fingerprint density at radius 3 is 2.92 bits per heavy atom. The van der Waals surface area contributed by atoms with Crippen LogP contribution in [0.1, 0.15) is 5.56 Å². The second kappa shape index (κ2) is 2.75. The standard InChI is InChI=1S/C9H9NOS/c1-10-9-5-3-2-4-8(9)6-7-12(10)11/h2-7H,1H3. The maximum atomic E-state index is 11.3. The summed E-state index contributed by atoms with van der Waals surface area (Å²) in [4.78, 5) is 0. The third-order valence-electron chi connectivity index (χ3n) is 1.91. The van der Waals surface area contributed by atoms with E-state index < -0.39 is 11.0 Å². The lowest BCUT2D eigenvalue weighted by molar-refractivity contribution is 0.687. The minimum atomic E-state index is -0.994. The summed E-state index contributed by atoms with van der Waals surface area (Å²) in [7, 11) is 0.838. The van der Waals surface area contributed by atoms with Gasteiger partial charge in [0.15, 0.2) is 0 Å². The van der Waals surface area contributed by atoms with E-state index in [1.165, 1.54) is 0 Å². The quantitative estimate of drug-likeness (QED) is 0.594. The molecule has 1 aromatic carbocycles. The Morgan fingerprint density at radius 1 is 1.33 bits per heavy atom. The predicted octanol–water partition coefficient (Wildman–Crippen LogP) is 1.77. The van der Waals surface area contributed by atoms with E-state index in [1.54, 1.807) is 9.71 Å². The van der Waals surface area contributed by atoms with Gasteiger partial charge in [-0.3, -0.25) is 4.31 Å². The van der Waals surface area contributed by atoms with Gasteiger partial charge in [-0.1, -0.05) is 18.2 Å². The highest BCUT2D eigenvalue weighted by Gasteiger charge is 2.13. The normalized spacial score (nSPS) is 20.8. The molecule has 0 saturated carbocycles. The number of hydrogen-bond donors (Lipinski definition) is 0. The fourth-order valence-corrected chi connectivity index (χ4v) is 2.04. The van der Waals surface area contributed by atoms with Crippen molar-refractivity contribution in [1.29, 1.82) is 0 Å². The number of fused-ring (bicyclic) bond motifs is 1. The molecule has 2 nitrogen and oxygen atoms in total. The number of nitrogens with zero attached hydrogens (tertiary/aromatic N) is 1. The third-order valence-corrected chi connectivity index (χ3v) is 3.02. The van der Waals surface area contributed by atoms with Crippen molar-refractivity contribution >= 4 is 22.7 Å². The van der Waals surface area contributed by atoms with Crippen LogP contribution >= 0.6 is 0 Å². The molecule has 1 unspecified atom stereocenters. The molecule has 0 bridgehead atoms. The molecular formula is C9H9NOS. The molecule has 0 aliphatic carbocycles. The molecule has 12 heavy (non-hydrogen) atoms. The van der Waals surface area contributed by atoms with Gasteiger partial charge in [0, 0.05) is 12.5 Å². The van der Waals surface area contributed by atoms with Crippen LogP contribution in [0.3, 0.4) is 0 Å². The zero-order valence-electron chi connectivity index (χ0n) is 6.73. The summed E-state index contributed by atoms with van der Waals surface area (Å²) < 4.78 is 13.1. The third kappa shape index (κ3) is 1.06. The zero-order valence-corrected chi connectivity index (χ0v) is 7.54. The summed E-state index contributed by atoms with van der Waals surface area (Å²) in [5, 5.41) is 1.70. The molecule has 1 aromatic rings. The summed E-state index contributed by atoms with van der Waals surface area (Å²) in [6.07, 6.45) is 1.89. The highest BCUT2D eigenvalue weighted by Crippen LogP contribution is 2.25. The first-order valence-electron chi connectivity index (χ1n) is 3.71. The van der Waals surface area contributed by atoms with Crippen LogP contribution in [0.2, 0.25) is 0 Å². The van der Waals surface area contributed by atoms with Gasteiger partial charge in [-0.2, -0.15) is 0 Å². The summed E-state index contributed by atoms with van der Waals surface area (Å²) in [5.74, 6) is 0. The van der Waals surface area contributed by atoms with Crippen molar-refractivity contribution in [3.05, 3.63) is 35.2 Å². The second-order valence-corrected chi connectivity index (χ2v) is 4.01. The Morgan fingerprint density at radius 2 is 2.08 bits per heavy atom. The van der Waals surface area contributed by atoms with Crippen molar-refractivity contribution in [1.82, 2.24) is 0 Å². The van der Waals surface area contributed by atoms with Crippen LogP contribution in [0.4, 0.5) is 5.69 Å². The predicted molar refractivity (Wildman–Crippen MR) is 52.0 cm³/mol. The Balaban J connectivity index is 2.59. The SMILES string of the molecule is CN1c2ccccc2C=CS1=O. The first-order valence-corrected chi connectivity index (χ1v) is 4.88. The maximum absolute atomic E-state index is 11.3. The Kier molecular flexibility index (Phi) is 1.73. The Labute approximate surface area is 74.1 Å². The summed E-state index contributed by atoms with van der Waals surface area (Å²) in [6.45, 7) is 0. The number of rotatable bonds is 0. The molecule has 0 spiro atoms. The second-order valence-electron chi connectivity index (χ2n) is 2.64. The first-order chi connectivity index (χ1) is 5.79. The van der Waals surface area contributed by atoms with Gasteiger partial charge in [-0.15, -0.1) is 0 Å². The van der Waals surface area contributed by atoms with Crippen LogP contribution in [0.25, 0.3) is 6.08 Å². The van der Waals surface area contributed by atoms with Crippen molar-refractivity contribution in [2.24, 2.45) is 0 Å². The van der Waals surface area contributed by atoms with Gasteiger partial charge in [0.05, 0.1) is 5.69 Å². The largest absolute Gasteiger partial charge is 0.291 e. The molecule has 0 N–H and O–H groups in total. The molecule has 0 fully saturated rings. The number of anilines is 1. The first kappa shape index (κ1) is 7.55. The van der Waals surface area contributed by atoms with E-state index >= 15 is 0 Å². The summed E-state index contributed by atoms with van der Waals surface area (Å²) in [5.41, 5.74) is 2.15. The van der Waals surface area contributed by atoms with E-state index in [0.717, 1.165) is 11.3 Å². The van der Waals surface area contributed by atoms with Crippen LogP contribution in [0, 0.1) is 0 Å². The minimum Gasteiger partial charge on any atom is -0.291 e. The van der Waals surface area contributed by atoms with Crippen LogP contribution < -0.4 is 4.31 Å². The topological polar surface area (TPSA) is 20.3 Å². The molecule has 2 rings (SSSR count). The van der Waals surface area contributed by atoms with Crippen molar-refractivity contribution in [3.63, 3.8) is 0 Å². The van der Waals surface area contributed by atoms with Gasteiger partial charge in [-0.25, -0.2) is 4.21 Å².